The third-order valence-electron chi connectivity index (χ3n) is 7.60. The molecule has 1 heterocycles. The van der Waals surface area contributed by atoms with Gasteiger partial charge in [0.05, 0.1) is 17.8 Å². The Morgan fingerprint density at radius 2 is 1.60 bits per heavy atom. The van der Waals surface area contributed by atoms with Crippen LogP contribution in [0, 0.1) is 5.82 Å². The van der Waals surface area contributed by atoms with Crippen LogP contribution in [0.15, 0.2) is 143 Å². The van der Waals surface area contributed by atoms with Gasteiger partial charge in [-0.15, -0.1) is 23.1 Å². The van der Waals surface area contributed by atoms with E-state index < -0.39 is 22.9 Å². The molecule has 52 heavy (non-hydrogen) atoms. The van der Waals surface area contributed by atoms with Gasteiger partial charge in [0.15, 0.2) is 5.13 Å². The Morgan fingerprint density at radius 1 is 0.865 bits per heavy atom. The smallest absolute Gasteiger partial charge is 0.272 e. The van der Waals surface area contributed by atoms with Gasteiger partial charge in [-0.3, -0.25) is 14.4 Å². The summed E-state index contributed by atoms with van der Waals surface area (Å²) in [7, 11) is 1.60. The van der Waals surface area contributed by atoms with Gasteiger partial charge < -0.3 is 20.7 Å². The summed E-state index contributed by atoms with van der Waals surface area (Å²) in [5.74, 6) is -1.52. The number of hydrogen-bond acceptors (Lipinski definition) is 7. The molecule has 3 amide bonds. The van der Waals surface area contributed by atoms with Gasteiger partial charge in [0.2, 0.25) is 5.91 Å². The number of thioether (sulfide) groups is 1. The summed E-state index contributed by atoms with van der Waals surface area (Å²) in [6, 6.07) is 36.2. The Bertz CT molecular complexity index is 2230. The monoisotopic (exact) mass is 748 g/mol. The molecule has 6 rings (SSSR count). The first-order chi connectivity index (χ1) is 25.3. The largest absolute Gasteiger partial charge is 0.497 e. The minimum atomic E-state index is -0.710. The number of anilines is 2. The number of benzene rings is 5. The first-order valence-electron chi connectivity index (χ1n) is 15.8. The van der Waals surface area contributed by atoms with Crippen LogP contribution in [0.4, 0.5) is 15.2 Å². The number of methoxy groups -OCH3 is 1. The highest BCUT2D eigenvalue weighted by Gasteiger charge is 2.24. The second-order valence-corrected chi connectivity index (χ2v) is 13.6. The van der Waals surface area contributed by atoms with Crippen molar-refractivity contribution in [1.29, 1.82) is 0 Å². The van der Waals surface area contributed by atoms with Gasteiger partial charge in [0, 0.05) is 32.7 Å². The number of nitrogens with one attached hydrogen (secondary N) is 3. The zero-order chi connectivity index (χ0) is 36.5. The van der Waals surface area contributed by atoms with E-state index in [1.165, 1.54) is 47.4 Å². The molecule has 1 atom stereocenters. The van der Waals surface area contributed by atoms with Crippen LogP contribution in [0.2, 0.25) is 5.02 Å². The second kappa shape index (κ2) is 17.0. The van der Waals surface area contributed by atoms with Crippen LogP contribution in [0.5, 0.6) is 5.75 Å². The Kier molecular flexibility index (Phi) is 11.8. The number of carbonyl (C=O) groups excluding carboxylic acids is 3. The summed E-state index contributed by atoms with van der Waals surface area (Å²) >= 11 is 8.86. The number of hydrogen-bond donors (Lipinski definition) is 3. The van der Waals surface area contributed by atoms with Crippen molar-refractivity contribution in [3.63, 3.8) is 0 Å². The molecule has 0 bridgehead atoms. The Balaban J connectivity index is 1.22. The van der Waals surface area contributed by atoms with Crippen molar-refractivity contribution >= 4 is 69.3 Å². The van der Waals surface area contributed by atoms with Gasteiger partial charge in [-0.25, -0.2) is 9.37 Å². The van der Waals surface area contributed by atoms with Crippen LogP contribution in [-0.2, 0) is 9.59 Å². The van der Waals surface area contributed by atoms with Crippen molar-refractivity contribution in [2.45, 2.75) is 10.1 Å². The first kappa shape index (κ1) is 36.1. The van der Waals surface area contributed by atoms with Gasteiger partial charge in [0.25, 0.3) is 11.8 Å². The molecule has 0 fully saturated rings. The van der Waals surface area contributed by atoms with E-state index in [0.717, 1.165) is 11.1 Å². The highest BCUT2D eigenvalue weighted by Crippen LogP contribution is 2.38. The highest BCUT2D eigenvalue weighted by molar-refractivity contribution is 8.00. The average molecular weight is 749 g/mol. The van der Waals surface area contributed by atoms with Crippen LogP contribution in [0.1, 0.15) is 26.7 Å². The maximum atomic E-state index is 14.8. The number of aromatic nitrogens is 1. The Labute approximate surface area is 312 Å². The van der Waals surface area contributed by atoms with E-state index in [1.54, 1.807) is 55.6 Å². The number of thiazole rings is 1. The van der Waals surface area contributed by atoms with Crippen molar-refractivity contribution in [3.8, 4) is 17.0 Å². The van der Waals surface area contributed by atoms with Crippen LogP contribution in [-0.4, -0.2) is 29.8 Å². The molecular formula is C40H30ClFN4O4S2. The standard InChI is InChI=1S/C40H30ClFN4O4S2/c1-50-29-17-8-15-27(21-29)35-24-51-40(45-35)46-39(49)36(25-11-4-2-5-12-25)52-30-18-9-16-28(22-30)43-38(48)34(23-31-32(41)19-10-20-33(31)42)44-37(47)26-13-6-3-7-14-26/h2-24,36H,1H3,(H,43,48)(H,44,47)(H,45,46,49)/b34-23+. The summed E-state index contributed by atoms with van der Waals surface area (Å²) in [5, 5.41) is 10.0. The molecule has 12 heteroatoms. The van der Waals surface area contributed by atoms with Crippen molar-refractivity contribution in [3.05, 3.63) is 166 Å². The van der Waals surface area contributed by atoms with E-state index in [-0.39, 0.29) is 22.2 Å². The van der Waals surface area contributed by atoms with Crippen LogP contribution >= 0.6 is 34.7 Å². The molecule has 0 aliphatic carbocycles. The average Bonchev–Trinajstić information content (AvgIpc) is 3.64. The number of nitrogens with zero attached hydrogens (tertiary/aromatic N) is 1. The molecule has 0 aliphatic heterocycles. The quantitative estimate of drug-likeness (QED) is 0.0850. The zero-order valence-corrected chi connectivity index (χ0v) is 29.9. The Morgan fingerprint density at radius 3 is 2.35 bits per heavy atom. The van der Waals surface area contributed by atoms with Gasteiger partial charge >= 0.3 is 0 Å². The second-order valence-electron chi connectivity index (χ2n) is 11.2. The summed E-state index contributed by atoms with van der Waals surface area (Å²) in [6.45, 7) is 0. The SMILES string of the molecule is COc1cccc(-c2csc(NC(=O)C(Sc3cccc(NC(=O)/C(=C\c4c(F)cccc4Cl)NC(=O)c4ccccc4)c3)c3ccccc3)n2)c1. The summed E-state index contributed by atoms with van der Waals surface area (Å²) in [6.07, 6.45) is 1.19. The number of amides is 3. The van der Waals surface area contributed by atoms with Crippen molar-refractivity contribution < 1.29 is 23.5 Å². The van der Waals surface area contributed by atoms with Gasteiger partial charge in [0.1, 0.15) is 22.5 Å². The molecule has 5 aromatic carbocycles. The lowest BCUT2D eigenvalue weighted by Gasteiger charge is -2.17. The van der Waals surface area contributed by atoms with E-state index in [2.05, 4.69) is 20.9 Å². The maximum Gasteiger partial charge on any atom is 0.272 e. The van der Waals surface area contributed by atoms with Crippen LogP contribution < -0.4 is 20.7 Å². The Hall–Kier alpha value is -5.75. The lowest BCUT2D eigenvalue weighted by Crippen LogP contribution is -2.30. The molecule has 0 radical (unpaired) electrons. The van der Waals surface area contributed by atoms with Crippen molar-refractivity contribution in [2.75, 3.05) is 17.7 Å². The van der Waals surface area contributed by atoms with Gasteiger partial charge in [-0.05, 0) is 66.2 Å². The first-order valence-corrected chi connectivity index (χ1v) is 18.0. The topological polar surface area (TPSA) is 109 Å². The third kappa shape index (κ3) is 9.12. The normalized spacial score (nSPS) is 11.7. The number of carbonyl (C=O) groups is 3. The molecule has 0 saturated carbocycles. The van der Waals surface area contributed by atoms with E-state index >= 15 is 0 Å². The fraction of sp³-hybridized carbons (Fsp3) is 0.0500. The molecule has 8 nitrogen and oxygen atoms in total. The molecule has 3 N–H and O–H groups in total. The van der Waals surface area contributed by atoms with Crippen LogP contribution in [0.25, 0.3) is 17.3 Å². The number of halogens is 2. The molecule has 6 aromatic rings. The molecule has 1 unspecified atom stereocenters. The fourth-order valence-corrected chi connectivity index (χ4v) is 7.06. The minimum absolute atomic E-state index is 0.0560. The number of rotatable bonds is 12. The molecule has 260 valence electrons. The summed E-state index contributed by atoms with van der Waals surface area (Å²) in [4.78, 5) is 45.9. The van der Waals surface area contributed by atoms with Crippen molar-refractivity contribution in [2.24, 2.45) is 0 Å². The predicted octanol–water partition coefficient (Wildman–Crippen LogP) is 9.49. The minimum Gasteiger partial charge on any atom is -0.497 e. The zero-order valence-electron chi connectivity index (χ0n) is 27.5. The maximum absolute atomic E-state index is 14.8. The summed E-state index contributed by atoms with van der Waals surface area (Å²) in [5.41, 5.74) is 2.73. The van der Waals surface area contributed by atoms with Gasteiger partial charge in [-0.2, -0.15) is 0 Å². The molecule has 0 spiro atoms. The lowest BCUT2D eigenvalue weighted by atomic mass is 10.1. The van der Waals surface area contributed by atoms with E-state index in [0.29, 0.717) is 32.7 Å². The lowest BCUT2D eigenvalue weighted by molar-refractivity contribution is -0.116. The van der Waals surface area contributed by atoms with Crippen molar-refractivity contribution in [1.82, 2.24) is 10.3 Å². The summed E-state index contributed by atoms with van der Waals surface area (Å²) < 4.78 is 20.1. The number of ether oxygens (including phenoxy) is 1. The highest BCUT2D eigenvalue weighted by atomic mass is 35.5. The van der Waals surface area contributed by atoms with E-state index in [1.807, 2.05) is 66.0 Å². The fourth-order valence-electron chi connectivity index (χ4n) is 5.03. The third-order valence-corrected chi connectivity index (χ3v) is 9.94. The van der Waals surface area contributed by atoms with E-state index in [9.17, 15) is 18.8 Å². The van der Waals surface area contributed by atoms with Gasteiger partial charge in [-0.1, -0.05) is 84.4 Å². The molecule has 0 saturated heterocycles. The predicted molar refractivity (Wildman–Crippen MR) is 206 cm³/mol. The molecule has 1 aromatic heterocycles. The molecular weight excluding hydrogens is 719 g/mol. The molecule has 0 aliphatic rings. The van der Waals surface area contributed by atoms with Crippen LogP contribution in [0.3, 0.4) is 0 Å². The van der Waals surface area contributed by atoms with E-state index in [4.69, 9.17) is 16.3 Å².